The second kappa shape index (κ2) is 11.9. The van der Waals surface area contributed by atoms with E-state index in [1.54, 1.807) is 13.8 Å². The van der Waals surface area contributed by atoms with E-state index in [1.807, 2.05) is 0 Å². The summed E-state index contributed by atoms with van der Waals surface area (Å²) in [5, 5.41) is 17.1. The van der Waals surface area contributed by atoms with Gasteiger partial charge in [0.2, 0.25) is 0 Å². The number of carboxylic acid groups (broad SMARTS) is 1. The van der Waals surface area contributed by atoms with Crippen molar-refractivity contribution in [3.8, 4) is 0 Å². The zero-order valence-corrected chi connectivity index (χ0v) is 8.63. The Morgan fingerprint density at radius 3 is 1.80 bits per heavy atom. The molecule has 0 aromatic rings. The van der Waals surface area contributed by atoms with E-state index < -0.39 is 12.1 Å². The average Bonchev–Trinajstić information content (AvgIpc) is 1.65. The molecule has 0 unspecified atom stereocenters. The van der Waals surface area contributed by atoms with E-state index >= 15 is 0 Å². The van der Waals surface area contributed by atoms with E-state index in [0.29, 0.717) is 0 Å². The molecule has 0 heterocycles. The van der Waals surface area contributed by atoms with Gasteiger partial charge in [0.15, 0.2) is 0 Å². The number of carbonyl (C=O) groups is 1. The number of carboxylic acids is 1. The molecule has 3 nitrogen and oxygen atoms in total. The van der Waals surface area contributed by atoms with Crippen molar-refractivity contribution in [2.24, 2.45) is 0 Å². The molecule has 0 aliphatic carbocycles. The minimum Gasteiger partial charge on any atom is -0.852 e. The molecule has 54 valence electrons. The predicted octanol–water partition coefficient (Wildman–Crippen LogP) is -2.98. The van der Waals surface area contributed by atoms with Crippen molar-refractivity contribution in [1.82, 2.24) is 0 Å². The van der Waals surface area contributed by atoms with Crippen LogP contribution in [0.3, 0.4) is 0 Å². The second-order valence-corrected chi connectivity index (χ2v) is 1.59. The SMILES string of the molecule is C=CC(=O)O.CC(C)[O-].[Na+]. The van der Waals surface area contributed by atoms with Crippen LogP contribution in [0.15, 0.2) is 12.7 Å². The van der Waals surface area contributed by atoms with Gasteiger partial charge in [0.1, 0.15) is 0 Å². The van der Waals surface area contributed by atoms with E-state index in [4.69, 9.17) is 5.11 Å². The number of aliphatic carboxylic acids is 1. The van der Waals surface area contributed by atoms with Crippen LogP contribution in [0.25, 0.3) is 0 Å². The first-order valence-electron chi connectivity index (χ1n) is 2.52. The number of hydrogen-bond donors (Lipinski definition) is 1. The molecule has 0 rings (SSSR count). The molecule has 0 aliphatic rings. The van der Waals surface area contributed by atoms with E-state index in [9.17, 15) is 9.90 Å². The number of rotatable bonds is 1. The van der Waals surface area contributed by atoms with Gasteiger partial charge in [0, 0.05) is 6.08 Å². The van der Waals surface area contributed by atoms with Gasteiger partial charge in [-0.2, -0.15) is 0 Å². The first-order chi connectivity index (χ1) is 4.00. The molecule has 0 atom stereocenters. The molecule has 0 saturated carbocycles. The third-order valence-corrected chi connectivity index (χ3v) is 0.175. The maximum atomic E-state index is 9.53. The summed E-state index contributed by atoms with van der Waals surface area (Å²) in [5.41, 5.74) is 0. The third kappa shape index (κ3) is 89.2. The van der Waals surface area contributed by atoms with E-state index in [1.165, 1.54) is 0 Å². The minimum atomic E-state index is -0.981. The fourth-order valence-electron chi connectivity index (χ4n) is 0. The molecule has 0 spiro atoms. The maximum absolute atomic E-state index is 9.53. The second-order valence-electron chi connectivity index (χ2n) is 1.59. The maximum Gasteiger partial charge on any atom is 1.00 e. The summed E-state index contributed by atoms with van der Waals surface area (Å²) in [6.45, 7) is 6.18. The molecule has 10 heavy (non-hydrogen) atoms. The van der Waals surface area contributed by atoms with Crippen molar-refractivity contribution < 1.29 is 44.6 Å². The van der Waals surface area contributed by atoms with Gasteiger partial charge in [-0.25, -0.2) is 4.79 Å². The van der Waals surface area contributed by atoms with E-state index in [2.05, 4.69) is 6.58 Å². The van der Waals surface area contributed by atoms with Gasteiger partial charge in [-0.1, -0.05) is 20.4 Å². The van der Waals surface area contributed by atoms with Crippen molar-refractivity contribution >= 4 is 5.97 Å². The average molecular weight is 154 g/mol. The van der Waals surface area contributed by atoms with Crippen LogP contribution in [0.2, 0.25) is 0 Å². The zero-order chi connectivity index (χ0) is 7.86. The minimum absolute atomic E-state index is 0. The molecule has 0 fully saturated rings. The van der Waals surface area contributed by atoms with Crippen molar-refractivity contribution in [3.63, 3.8) is 0 Å². The summed E-state index contributed by atoms with van der Waals surface area (Å²) in [6.07, 6.45) is 0.417. The molecule has 0 aromatic carbocycles. The van der Waals surface area contributed by atoms with Crippen LogP contribution in [-0.4, -0.2) is 17.2 Å². The van der Waals surface area contributed by atoms with Gasteiger partial charge in [-0.05, 0) is 0 Å². The van der Waals surface area contributed by atoms with E-state index in [-0.39, 0.29) is 29.6 Å². The summed E-state index contributed by atoms with van der Waals surface area (Å²) >= 11 is 0. The Bertz CT molecular complexity index is 88.2. The fraction of sp³-hybridized carbons (Fsp3) is 0.500. The van der Waals surface area contributed by atoms with Crippen LogP contribution in [-0.2, 0) is 4.79 Å². The topological polar surface area (TPSA) is 60.4 Å². The van der Waals surface area contributed by atoms with Gasteiger partial charge in [0.05, 0.1) is 0 Å². The van der Waals surface area contributed by atoms with E-state index in [0.717, 1.165) is 6.08 Å². The van der Waals surface area contributed by atoms with Crippen LogP contribution in [0.5, 0.6) is 0 Å². The Balaban J connectivity index is -0.0000000910. The van der Waals surface area contributed by atoms with Crippen molar-refractivity contribution in [3.05, 3.63) is 12.7 Å². The molecule has 4 heteroatoms. The van der Waals surface area contributed by atoms with Crippen molar-refractivity contribution in [1.29, 1.82) is 0 Å². The van der Waals surface area contributed by atoms with Crippen LogP contribution in [0, 0.1) is 0 Å². The first kappa shape index (κ1) is 16.6. The van der Waals surface area contributed by atoms with Crippen molar-refractivity contribution in [2.75, 3.05) is 0 Å². The molecule has 0 aliphatic heterocycles. The van der Waals surface area contributed by atoms with Gasteiger partial charge < -0.3 is 10.2 Å². The standard InChI is InChI=1S/C3H4O2.C3H7O.Na/c1-2-3(4)5;1-3(2)4;/h2H,1H2,(H,4,5);3H,1-2H3;/q;-1;+1. The summed E-state index contributed by atoms with van der Waals surface area (Å²) in [5.74, 6) is -0.981. The molecular weight excluding hydrogens is 143 g/mol. The van der Waals surface area contributed by atoms with Crippen molar-refractivity contribution in [2.45, 2.75) is 20.0 Å². The monoisotopic (exact) mass is 154 g/mol. The Hall–Kier alpha value is 0.170. The summed E-state index contributed by atoms with van der Waals surface area (Å²) in [6, 6.07) is 0. The van der Waals surface area contributed by atoms with Gasteiger partial charge in [-0.15, -0.1) is 6.10 Å². The molecule has 0 aromatic heterocycles. The van der Waals surface area contributed by atoms with Crippen LogP contribution >= 0.6 is 0 Å². The number of hydrogen-bond acceptors (Lipinski definition) is 2. The van der Waals surface area contributed by atoms with Gasteiger partial charge in [-0.3, -0.25) is 0 Å². The molecule has 1 N–H and O–H groups in total. The van der Waals surface area contributed by atoms with Crippen LogP contribution < -0.4 is 34.7 Å². The Morgan fingerprint density at radius 2 is 1.80 bits per heavy atom. The molecular formula is C6H11NaO3. The summed E-state index contributed by atoms with van der Waals surface area (Å²) < 4.78 is 0. The largest absolute Gasteiger partial charge is 1.00 e. The molecule has 0 amide bonds. The van der Waals surface area contributed by atoms with Crippen LogP contribution in [0.1, 0.15) is 13.8 Å². The smallest absolute Gasteiger partial charge is 0.852 e. The Morgan fingerprint density at radius 1 is 1.70 bits per heavy atom. The van der Waals surface area contributed by atoms with Gasteiger partial charge in [0.25, 0.3) is 0 Å². The fourth-order valence-corrected chi connectivity index (χ4v) is 0. The molecule has 0 saturated heterocycles. The zero-order valence-electron chi connectivity index (χ0n) is 6.63. The molecule has 0 radical (unpaired) electrons. The third-order valence-electron chi connectivity index (χ3n) is 0.175. The van der Waals surface area contributed by atoms with Gasteiger partial charge >= 0.3 is 35.5 Å². The predicted molar refractivity (Wildman–Crippen MR) is 33.0 cm³/mol. The molecule has 0 bridgehead atoms. The summed E-state index contributed by atoms with van der Waals surface area (Å²) in [7, 11) is 0. The Labute approximate surface area is 83.0 Å². The quantitative estimate of drug-likeness (QED) is 0.324. The Kier molecular flexibility index (Phi) is 19.8. The normalized spacial score (nSPS) is 6.80. The summed E-state index contributed by atoms with van der Waals surface area (Å²) in [4.78, 5) is 9.25. The first-order valence-corrected chi connectivity index (χ1v) is 2.52. The van der Waals surface area contributed by atoms with Crippen LogP contribution in [0.4, 0.5) is 0 Å².